The molecule has 0 aromatic carbocycles. The van der Waals surface area contributed by atoms with E-state index in [1.165, 1.54) is 12.1 Å². The lowest BCUT2D eigenvalue weighted by Crippen LogP contribution is -1.86. The quantitative estimate of drug-likeness (QED) is 0.742. The van der Waals surface area contributed by atoms with E-state index >= 15 is 0 Å². The zero-order valence-corrected chi connectivity index (χ0v) is 7.10. The monoisotopic (exact) mass is 201 g/mol. The SMILES string of the molecule is Nc1n[nH]c(-c2ccc(Cl)o2)c1F. The smallest absolute Gasteiger partial charge is 0.195 e. The number of halogens is 2. The Labute approximate surface area is 77.5 Å². The van der Waals surface area contributed by atoms with Crippen molar-refractivity contribution in [1.29, 1.82) is 0 Å². The van der Waals surface area contributed by atoms with Gasteiger partial charge in [-0.1, -0.05) is 0 Å². The molecule has 0 unspecified atom stereocenters. The first-order valence-corrected chi connectivity index (χ1v) is 3.81. The number of hydrogen-bond acceptors (Lipinski definition) is 3. The molecule has 6 heteroatoms. The predicted octanol–water partition coefficient (Wildman–Crippen LogP) is 2.04. The van der Waals surface area contributed by atoms with Gasteiger partial charge in [-0.25, -0.2) is 4.39 Å². The summed E-state index contributed by atoms with van der Waals surface area (Å²) >= 11 is 5.51. The molecular weight excluding hydrogens is 197 g/mol. The van der Waals surface area contributed by atoms with Crippen LogP contribution >= 0.6 is 11.6 Å². The second-order valence-corrected chi connectivity index (χ2v) is 2.77. The Balaban J connectivity index is 2.52. The fourth-order valence-corrected chi connectivity index (χ4v) is 1.10. The molecule has 13 heavy (non-hydrogen) atoms. The van der Waals surface area contributed by atoms with Crippen molar-refractivity contribution < 1.29 is 8.81 Å². The maximum absolute atomic E-state index is 13.1. The van der Waals surface area contributed by atoms with Gasteiger partial charge in [-0.3, -0.25) is 5.10 Å². The second kappa shape index (κ2) is 2.77. The molecular formula is C7H5ClFN3O. The highest BCUT2D eigenvalue weighted by Crippen LogP contribution is 2.26. The maximum atomic E-state index is 13.1. The zero-order chi connectivity index (χ0) is 9.42. The minimum absolute atomic E-state index is 0.101. The van der Waals surface area contributed by atoms with Crippen LogP contribution in [0.15, 0.2) is 16.5 Å². The Morgan fingerprint density at radius 2 is 2.31 bits per heavy atom. The van der Waals surface area contributed by atoms with E-state index in [0.717, 1.165) is 0 Å². The number of anilines is 1. The molecule has 0 fully saturated rings. The number of nitrogens with two attached hydrogens (primary N) is 1. The van der Waals surface area contributed by atoms with Crippen LogP contribution in [0.3, 0.4) is 0 Å². The average molecular weight is 202 g/mol. The molecule has 0 radical (unpaired) electrons. The van der Waals surface area contributed by atoms with E-state index in [2.05, 4.69) is 10.2 Å². The van der Waals surface area contributed by atoms with Crippen LogP contribution in [0.2, 0.25) is 5.22 Å². The van der Waals surface area contributed by atoms with Crippen molar-refractivity contribution in [2.75, 3.05) is 5.73 Å². The molecule has 3 N–H and O–H groups in total. The lowest BCUT2D eigenvalue weighted by Gasteiger charge is -1.89. The minimum Gasteiger partial charge on any atom is -0.443 e. The van der Waals surface area contributed by atoms with Crippen molar-refractivity contribution >= 4 is 17.4 Å². The molecule has 2 aromatic heterocycles. The molecule has 0 atom stereocenters. The zero-order valence-electron chi connectivity index (χ0n) is 6.34. The molecule has 2 aromatic rings. The number of furan rings is 1. The highest BCUT2D eigenvalue weighted by Gasteiger charge is 2.14. The molecule has 0 bridgehead atoms. The largest absolute Gasteiger partial charge is 0.443 e. The number of rotatable bonds is 1. The molecule has 0 saturated carbocycles. The molecule has 0 saturated heterocycles. The Morgan fingerprint density at radius 3 is 2.77 bits per heavy atom. The molecule has 0 amide bonds. The van der Waals surface area contributed by atoms with Gasteiger partial charge in [0, 0.05) is 0 Å². The molecule has 4 nitrogen and oxygen atoms in total. The fourth-order valence-electron chi connectivity index (χ4n) is 0.954. The summed E-state index contributed by atoms with van der Waals surface area (Å²) in [6.45, 7) is 0. The van der Waals surface area contributed by atoms with E-state index in [9.17, 15) is 4.39 Å². The number of aromatic amines is 1. The summed E-state index contributed by atoms with van der Waals surface area (Å²) in [7, 11) is 0. The molecule has 0 aliphatic carbocycles. The van der Waals surface area contributed by atoms with Gasteiger partial charge in [-0.05, 0) is 23.7 Å². The van der Waals surface area contributed by atoms with Crippen LogP contribution in [0.4, 0.5) is 10.2 Å². The molecule has 0 spiro atoms. The Morgan fingerprint density at radius 1 is 1.54 bits per heavy atom. The summed E-state index contributed by atoms with van der Waals surface area (Å²) in [5.41, 5.74) is 5.29. The van der Waals surface area contributed by atoms with E-state index in [0.29, 0.717) is 0 Å². The lowest BCUT2D eigenvalue weighted by atomic mass is 10.3. The summed E-state index contributed by atoms with van der Waals surface area (Å²) in [5, 5.41) is 6.06. The number of nitrogen functional groups attached to an aromatic ring is 1. The van der Waals surface area contributed by atoms with Gasteiger partial charge in [-0.15, -0.1) is 0 Å². The number of H-pyrrole nitrogens is 1. The summed E-state index contributed by atoms with van der Waals surface area (Å²) in [5.74, 6) is -0.555. The van der Waals surface area contributed by atoms with Crippen molar-refractivity contribution in [1.82, 2.24) is 10.2 Å². The predicted molar refractivity (Wildman–Crippen MR) is 45.7 cm³/mol. The molecule has 68 valence electrons. The molecule has 2 heterocycles. The number of aromatic nitrogens is 2. The van der Waals surface area contributed by atoms with Crippen LogP contribution in [0.5, 0.6) is 0 Å². The van der Waals surface area contributed by atoms with E-state index in [1.807, 2.05) is 0 Å². The molecule has 0 aliphatic rings. The van der Waals surface area contributed by atoms with E-state index in [1.54, 1.807) is 0 Å². The lowest BCUT2D eigenvalue weighted by molar-refractivity contribution is 0.570. The van der Waals surface area contributed by atoms with Crippen molar-refractivity contribution in [3.05, 3.63) is 23.2 Å². The summed E-state index contributed by atoms with van der Waals surface area (Å²) in [6.07, 6.45) is 0. The van der Waals surface area contributed by atoms with E-state index in [4.69, 9.17) is 21.8 Å². The number of hydrogen-bond donors (Lipinski definition) is 2. The normalized spacial score (nSPS) is 10.6. The van der Waals surface area contributed by atoms with Crippen LogP contribution < -0.4 is 5.73 Å². The van der Waals surface area contributed by atoms with Gasteiger partial charge in [0.15, 0.2) is 22.6 Å². The first-order valence-electron chi connectivity index (χ1n) is 3.43. The summed E-state index contributed by atoms with van der Waals surface area (Å²) < 4.78 is 18.1. The van der Waals surface area contributed by atoms with Crippen LogP contribution in [-0.4, -0.2) is 10.2 Å². The molecule has 0 aliphatic heterocycles. The van der Waals surface area contributed by atoms with Crippen molar-refractivity contribution in [3.8, 4) is 11.5 Å². The Kier molecular flexibility index (Phi) is 1.73. The van der Waals surface area contributed by atoms with Crippen LogP contribution in [0, 0.1) is 5.82 Å². The second-order valence-electron chi connectivity index (χ2n) is 2.40. The van der Waals surface area contributed by atoms with E-state index < -0.39 is 5.82 Å². The van der Waals surface area contributed by atoms with Gasteiger partial charge < -0.3 is 10.2 Å². The third-order valence-electron chi connectivity index (χ3n) is 1.55. The van der Waals surface area contributed by atoms with Gasteiger partial charge in [0.2, 0.25) is 0 Å². The summed E-state index contributed by atoms with van der Waals surface area (Å²) in [6, 6.07) is 3.03. The Hall–Kier alpha value is -1.49. The standard InChI is InChI=1S/C7H5ClFN3O/c8-4-2-1-3(13-4)6-5(9)7(10)12-11-6/h1-2H,(H3,10,11,12). The Bertz CT molecular complexity index is 437. The topological polar surface area (TPSA) is 67.8 Å². The molecule has 2 rings (SSSR count). The van der Waals surface area contributed by atoms with Crippen molar-refractivity contribution in [2.45, 2.75) is 0 Å². The van der Waals surface area contributed by atoms with Crippen molar-refractivity contribution in [3.63, 3.8) is 0 Å². The third kappa shape index (κ3) is 1.27. The summed E-state index contributed by atoms with van der Waals surface area (Å²) in [4.78, 5) is 0. The third-order valence-corrected chi connectivity index (χ3v) is 1.76. The minimum atomic E-state index is -0.633. The highest BCUT2D eigenvalue weighted by atomic mass is 35.5. The maximum Gasteiger partial charge on any atom is 0.195 e. The first kappa shape index (κ1) is 8.12. The number of nitrogens with one attached hydrogen (secondary N) is 1. The highest BCUT2D eigenvalue weighted by molar-refractivity contribution is 6.28. The average Bonchev–Trinajstić information content (AvgIpc) is 2.62. The van der Waals surface area contributed by atoms with Crippen LogP contribution in [-0.2, 0) is 0 Å². The first-order chi connectivity index (χ1) is 6.18. The van der Waals surface area contributed by atoms with Gasteiger partial charge in [0.1, 0.15) is 5.69 Å². The van der Waals surface area contributed by atoms with E-state index in [-0.39, 0.29) is 22.5 Å². The van der Waals surface area contributed by atoms with Gasteiger partial charge >= 0.3 is 0 Å². The van der Waals surface area contributed by atoms with Crippen LogP contribution in [0.1, 0.15) is 0 Å². The van der Waals surface area contributed by atoms with Gasteiger partial charge in [0.25, 0.3) is 0 Å². The number of nitrogens with zero attached hydrogens (tertiary/aromatic N) is 1. The van der Waals surface area contributed by atoms with Gasteiger partial charge in [-0.2, -0.15) is 5.10 Å². The van der Waals surface area contributed by atoms with Gasteiger partial charge in [0.05, 0.1) is 0 Å². The van der Waals surface area contributed by atoms with Crippen LogP contribution in [0.25, 0.3) is 11.5 Å². The van der Waals surface area contributed by atoms with Crippen molar-refractivity contribution in [2.24, 2.45) is 0 Å². The fraction of sp³-hybridized carbons (Fsp3) is 0.